The highest BCUT2D eigenvalue weighted by atomic mass is 16.5. The van der Waals surface area contributed by atoms with Crippen LogP contribution in [0.4, 0.5) is 5.82 Å². The number of para-hydroxylation sites is 1. The second-order valence-electron chi connectivity index (χ2n) is 6.58. The van der Waals surface area contributed by atoms with Crippen LogP contribution in [0.25, 0.3) is 0 Å². The molecule has 1 N–H and O–H groups in total. The molecule has 1 fully saturated rings. The Kier molecular flexibility index (Phi) is 5.52. The average Bonchev–Trinajstić information content (AvgIpc) is 2.69. The predicted molar refractivity (Wildman–Crippen MR) is 96.5 cm³/mol. The number of pyridine rings is 1. The summed E-state index contributed by atoms with van der Waals surface area (Å²) >= 11 is 0. The minimum atomic E-state index is -0.225. The third-order valence-corrected chi connectivity index (χ3v) is 4.85. The lowest BCUT2D eigenvalue weighted by molar-refractivity contribution is 0.0792. The van der Waals surface area contributed by atoms with Crippen molar-refractivity contribution in [2.75, 3.05) is 31.2 Å². The van der Waals surface area contributed by atoms with Crippen molar-refractivity contribution in [3.8, 4) is 11.8 Å². The summed E-state index contributed by atoms with van der Waals surface area (Å²) < 4.78 is 5.82. The molecule has 1 saturated heterocycles. The largest absolute Gasteiger partial charge is 0.494 e. The second-order valence-corrected chi connectivity index (χ2v) is 6.58. The summed E-state index contributed by atoms with van der Waals surface area (Å²) in [6, 6.07) is 15.5. The first-order valence-electron chi connectivity index (χ1n) is 8.65. The Morgan fingerprint density at radius 1 is 1.24 bits per heavy atom. The van der Waals surface area contributed by atoms with Gasteiger partial charge in [-0.25, -0.2) is 4.98 Å². The Balaban J connectivity index is 1.67. The SMILES string of the molecule is N#Cc1cccnc1N1CCCC(CO)(CCOc2ccccc2)C1. The van der Waals surface area contributed by atoms with Crippen LogP contribution in [0, 0.1) is 16.7 Å². The lowest BCUT2D eigenvalue weighted by Crippen LogP contribution is -2.46. The molecular weight excluding hydrogens is 314 g/mol. The molecule has 1 aliphatic heterocycles. The van der Waals surface area contributed by atoms with Crippen molar-refractivity contribution in [3.63, 3.8) is 0 Å². The van der Waals surface area contributed by atoms with Gasteiger partial charge in [-0.15, -0.1) is 0 Å². The Morgan fingerprint density at radius 3 is 2.84 bits per heavy atom. The van der Waals surface area contributed by atoms with E-state index in [-0.39, 0.29) is 12.0 Å². The summed E-state index contributed by atoms with van der Waals surface area (Å²) in [6.45, 7) is 2.21. The first-order chi connectivity index (χ1) is 12.3. The van der Waals surface area contributed by atoms with Crippen molar-refractivity contribution in [2.24, 2.45) is 5.41 Å². The van der Waals surface area contributed by atoms with Crippen LogP contribution in [0.3, 0.4) is 0 Å². The molecule has 130 valence electrons. The molecule has 0 radical (unpaired) electrons. The highest BCUT2D eigenvalue weighted by molar-refractivity contribution is 5.53. The molecule has 2 heterocycles. The molecule has 1 aromatic carbocycles. The molecule has 3 rings (SSSR count). The summed E-state index contributed by atoms with van der Waals surface area (Å²) in [5, 5.41) is 19.4. The highest BCUT2D eigenvalue weighted by Crippen LogP contribution is 2.35. The van der Waals surface area contributed by atoms with Gasteiger partial charge in [-0.2, -0.15) is 5.26 Å². The Hall–Kier alpha value is -2.58. The first kappa shape index (κ1) is 17.2. The van der Waals surface area contributed by atoms with Crippen LogP contribution >= 0.6 is 0 Å². The molecule has 0 saturated carbocycles. The maximum Gasteiger partial charge on any atom is 0.146 e. The number of ether oxygens (including phenoxy) is 1. The van der Waals surface area contributed by atoms with Crippen LogP contribution in [0.15, 0.2) is 48.7 Å². The van der Waals surface area contributed by atoms with E-state index in [0.717, 1.165) is 31.6 Å². The molecule has 0 amide bonds. The summed E-state index contributed by atoms with van der Waals surface area (Å²) in [5.41, 5.74) is 0.355. The zero-order chi connectivity index (χ0) is 17.5. The fraction of sp³-hybridized carbons (Fsp3) is 0.400. The van der Waals surface area contributed by atoms with Crippen molar-refractivity contribution in [3.05, 3.63) is 54.2 Å². The number of aromatic nitrogens is 1. The summed E-state index contributed by atoms with van der Waals surface area (Å²) in [6.07, 6.45) is 4.40. The van der Waals surface area contributed by atoms with Gasteiger partial charge in [0, 0.05) is 24.7 Å². The number of nitrogens with zero attached hydrogens (tertiary/aromatic N) is 3. The van der Waals surface area contributed by atoms with Crippen molar-refractivity contribution >= 4 is 5.82 Å². The van der Waals surface area contributed by atoms with Gasteiger partial charge in [0.2, 0.25) is 0 Å². The van der Waals surface area contributed by atoms with Crippen LogP contribution in [-0.4, -0.2) is 36.4 Å². The molecule has 5 nitrogen and oxygen atoms in total. The lowest BCUT2D eigenvalue weighted by Gasteiger charge is -2.42. The molecule has 25 heavy (non-hydrogen) atoms. The minimum absolute atomic E-state index is 0.108. The quantitative estimate of drug-likeness (QED) is 0.877. The van der Waals surface area contributed by atoms with Gasteiger partial charge in [0.1, 0.15) is 17.6 Å². The van der Waals surface area contributed by atoms with Crippen LogP contribution < -0.4 is 9.64 Å². The number of hydrogen-bond acceptors (Lipinski definition) is 5. The van der Waals surface area contributed by atoms with Gasteiger partial charge in [0.25, 0.3) is 0 Å². The molecule has 1 aromatic heterocycles. The topological polar surface area (TPSA) is 69.4 Å². The number of benzene rings is 1. The molecule has 0 spiro atoms. The highest BCUT2D eigenvalue weighted by Gasteiger charge is 2.36. The number of nitriles is 1. The molecule has 0 aliphatic carbocycles. The zero-order valence-corrected chi connectivity index (χ0v) is 14.3. The van der Waals surface area contributed by atoms with Crippen molar-refractivity contribution in [1.29, 1.82) is 5.26 Å². The number of aliphatic hydroxyl groups excluding tert-OH is 1. The van der Waals surface area contributed by atoms with Gasteiger partial charge >= 0.3 is 0 Å². The Bertz CT molecular complexity index is 729. The van der Waals surface area contributed by atoms with Crippen LogP contribution in [0.2, 0.25) is 0 Å². The predicted octanol–water partition coefficient (Wildman–Crippen LogP) is 3.00. The van der Waals surface area contributed by atoms with Crippen LogP contribution in [0.5, 0.6) is 5.75 Å². The number of rotatable bonds is 6. The van der Waals surface area contributed by atoms with Crippen molar-refractivity contribution in [1.82, 2.24) is 4.98 Å². The van der Waals surface area contributed by atoms with E-state index in [4.69, 9.17) is 4.74 Å². The van der Waals surface area contributed by atoms with E-state index in [1.165, 1.54) is 0 Å². The van der Waals surface area contributed by atoms with Gasteiger partial charge in [0.05, 0.1) is 18.8 Å². The molecule has 1 atom stereocenters. The maximum atomic E-state index is 10.1. The molecule has 0 bridgehead atoms. The Labute approximate surface area is 148 Å². The van der Waals surface area contributed by atoms with Crippen molar-refractivity contribution < 1.29 is 9.84 Å². The summed E-state index contributed by atoms with van der Waals surface area (Å²) in [7, 11) is 0. The van der Waals surface area contributed by atoms with Gasteiger partial charge < -0.3 is 14.7 Å². The fourth-order valence-corrected chi connectivity index (χ4v) is 3.44. The third kappa shape index (κ3) is 4.09. The normalized spacial score (nSPS) is 20.1. The van der Waals surface area contributed by atoms with E-state index in [9.17, 15) is 10.4 Å². The number of anilines is 1. The van der Waals surface area contributed by atoms with E-state index >= 15 is 0 Å². The van der Waals surface area contributed by atoms with Gasteiger partial charge in [-0.05, 0) is 43.5 Å². The van der Waals surface area contributed by atoms with Crippen LogP contribution in [0.1, 0.15) is 24.8 Å². The van der Waals surface area contributed by atoms with Gasteiger partial charge in [-0.3, -0.25) is 0 Å². The maximum absolute atomic E-state index is 10.1. The summed E-state index contributed by atoms with van der Waals surface area (Å²) in [4.78, 5) is 6.52. The number of piperidine rings is 1. The Morgan fingerprint density at radius 2 is 2.08 bits per heavy atom. The third-order valence-electron chi connectivity index (χ3n) is 4.85. The summed E-state index contributed by atoms with van der Waals surface area (Å²) in [5.74, 6) is 1.56. The molecule has 1 aliphatic rings. The van der Waals surface area contributed by atoms with E-state index in [1.807, 2.05) is 30.3 Å². The zero-order valence-electron chi connectivity index (χ0n) is 14.3. The number of aliphatic hydroxyl groups is 1. The second kappa shape index (κ2) is 8.00. The van der Waals surface area contributed by atoms with Gasteiger partial charge in [0.15, 0.2) is 0 Å². The fourth-order valence-electron chi connectivity index (χ4n) is 3.44. The minimum Gasteiger partial charge on any atom is -0.494 e. The first-order valence-corrected chi connectivity index (χ1v) is 8.65. The molecular formula is C20H23N3O2. The lowest BCUT2D eigenvalue weighted by atomic mass is 9.78. The monoisotopic (exact) mass is 337 g/mol. The van der Waals surface area contributed by atoms with E-state index in [1.54, 1.807) is 18.3 Å². The standard InChI is InChI=1S/C20H23N3O2/c21-14-17-6-4-11-22-19(17)23-12-5-9-20(15-23,16-24)10-13-25-18-7-2-1-3-8-18/h1-4,6-8,11,24H,5,9-10,12-13,15-16H2. The smallest absolute Gasteiger partial charge is 0.146 e. The average molecular weight is 337 g/mol. The van der Waals surface area contributed by atoms with E-state index in [2.05, 4.69) is 16.0 Å². The number of hydrogen-bond donors (Lipinski definition) is 1. The molecule has 2 aromatic rings. The van der Waals surface area contributed by atoms with Gasteiger partial charge in [-0.1, -0.05) is 18.2 Å². The molecule has 5 heteroatoms. The van der Waals surface area contributed by atoms with E-state index in [0.29, 0.717) is 24.5 Å². The van der Waals surface area contributed by atoms with E-state index < -0.39 is 0 Å². The van der Waals surface area contributed by atoms with Crippen LogP contribution in [-0.2, 0) is 0 Å². The van der Waals surface area contributed by atoms with Crippen molar-refractivity contribution in [2.45, 2.75) is 19.3 Å². The molecule has 1 unspecified atom stereocenters.